The highest BCUT2D eigenvalue weighted by atomic mass is 32.1. The minimum Gasteiger partial charge on any atom is -0.387 e. The highest BCUT2D eigenvalue weighted by molar-refractivity contribution is 7.10. The predicted octanol–water partition coefficient (Wildman–Crippen LogP) is 4.96. The second-order valence-electron chi connectivity index (χ2n) is 8.12. The van der Waals surface area contributed by atoms with Crippen LogP contribution in [0.5, 0.6) is 0 Å². The minimum atomic E-state index is -4.40. The highest BCUT2D eigenvalue weighted by Gasteiger charge is 2.32. The number of alkyl halides is 3. The molecule has 1 fully saturated rings. The van der Waals surface area contributed by atoms with Gasteiger partial charge in [0.1, 0.15) is 24.0 Å². The van der Waals surface area contributed by atoms with Gasteiger partial charge in [0.15, 0.2) is 6.10 Å². The van der Waals surface area contributed by atoms with Gasteiger partial charge in [-0.3, -0.25) is 4.79 Å². The van der Waals surface area contributed by atoms with E-state index in [1.807, 2.05) is 5.38 Å². The van der Waals surface area contributed by atoms with E-state index < -0.39 is 30.5 Å². The maximum atomic E-state index is 14.0. The Morgan fingerprint density at radius 2 is 1.91 bits per heavy atom. The SMILES string of the molecule is O=C(CCOCC(F)(F)F)N1CCC(c2nc(C3=NOC(c4c(F)cccc4F)C3)cs2)CC1. The molecule has 1 aromatic heterocycles. The van der Waals surface area contributed by atoms with Gasteiger partial charge in [-0.15, -0.1) is 11.3 Å². The molecule has 1 atom stereocenters. The third kappa shape index (κ3) is 5.90. The predicted molar refractivity (Wildman–Crippen MR) is 113 cm³/mol. The summed E-state index contributed by atoms with van der Waals surface area (Å²) in [6.45, 7) is -0.663. The first-order valence-electron chi connectivity index (χ1n) is 10.8. The first-order valence-corrected chi connectivity index (χ1v) is 11.6. The molecule has 1 amide bonds. The second kappa shape index (κ2) is 10.3. The summed E-state index contributed by atoms with van der Waals surface area (Å²) in [4.78, 5) is 23.7. The van der Waals surface area contributed by atoms with Crippen LogP contribution < -0.4 is 0 Å². The van der Waals surface area contributed by atoms with Gasteiger partial charge in [0, 0.05) is 30.8 Å². The van der Waals surface area contributed by atoms with Crippen molar-refractivity contribution >= 4 is 23.0 Å². The second-order valence-corrected chi connectivity index (χ2v) is 9.00. The third-order valence-electron chi connectivity index (χ3n) is 5.73. The maximum absolute atomic E-state index is 14.0. The average molecular weight is 503 g/mol. The topological polar surface area (TPSA) is 64.0 Å². The molecule has 0 radical (unpaired) electrons. The molecule has 184 valence electrons. The van der Waals surface area contributed by atoms with Crippen LogP contribution in [0, 0.1) is 11.6 Å². The quantitative estimate of drug-likeness (QED) is 0.396. The molecule has 4 rings (SSSR count). The summed E-state index contributed by atoms with van der Waals surface area (Å²) in [7, 11) is 0. The van der Waals surface area contributed by atoms with Crippen molar-refractivity contribution < 1.29 is 36.3 Å². The van der Waals surface area contributed by atoms with Gasteiger partial charge in [-0.05, 0) is 25.0 Å². The van der Waals surface area contributed by atoms with Crippen LogP contribution in [0.1, 0.15) is 54.0 Å². The van der Waals surface area contributed by atoms with Gasteiger partial charge >= 0.3 is 6.18 Å². The Morgan fingerprint density at radius 1 is 1.21 bits per heavy atom. The lowest BCUT2D eigenvalue weighted by atomic mass is 9.97. The lowest BCUT2D eigenvalue weighted by Gasteiger charge is -2.31. The van der Waals surface area contributed by atoms with E-state index in [1.54, 1.807) is 4.90 Å². The number of benzene rings is 1. The number of rotatable bonds is 7. The summed E-state index contributed by atoms with van der Waals surface area (Å²) in [5, 5.41) is 6.68. The molecule has 6 nitrogen and oxygen atoms in total. The van der Waals surface area contributed by atoms with Crippen LogP contribution >= 0.6 is 11.3 Å². The zero-order valence-corrected chi connectivity index (χ0v) is 18.8. The van der Waals surface area contributed by atoms with Crippen LogP contribution in [-0.2, 0) is 14.4 Å². The van der Waals surface area contributed by atoms with Crippen molar-refractivity contribution in [2.45, 2.75) is 43.9 Å². The van der Waals surface area contributed by atoms with Gasteiger partial charge in [0.25, 0.3) is 0 Å². The van der Waals surface area contributed by atoms with E-state index in [0.717, 1.165) is 5.01 Å². The van der Waals surface area contributed by atoms with Gasteiger partial charge < -0.3 is 14.5 Å². The number of carbonyl (C=O) groups excluding carboxylic acids is 1. The number of hydrogen-bond donors (Lipinski definition) is 0. The number of amides is 1. The fourth-order valence-corrected chi connectivity index (χ4v) is 4.99. The van der Waals surface area contributed by atoms with E-state index in [-0.39, 0.29) is 36.8 Å². The number of thiazole rings is 1. The van der Waals surface area contributed by atoms with E-state index in [9.17, 15) is 26.7 Å². The van der Waals surface area contributed by atoms with Crippen LogP contribution in [0.15, 0.2) is 28.7 Å². The van der Waals surface area contributed by atoms with Crippen LogP contribution in [0.2, 0.25) is 0 Å². The summed E-state index contributed by atoms with van der Waals surface area (Å²) in [5.74, 6) is -1.47. The summed E-state index contributed by atoms with van der Waals surface area (Å²) in [5.41, 5.74) is 0.957. The van der Waals surface area contributed by atoms with Crippen LogP contribution in [0.4, 0.5) is 22.0 Å². The fourth-order valence-electron chi connectivity index (χ4n) is 3.99. The molecule has 0 spiro atoms. The van der Waals surface area contributed by atoms with Crippen molar-refractivity contribution in [1.29, 1.82) is 0 Å². The van der Waals surface area contributed by atoms with Gasteiger partial charge in [0.05, 0.1) is 29.3 Å². The zero-order valence-electron chi connectivity index (χ0n) is 18.0. The molecule has 12 heteroatoms. The Labute approximate surface area is 196 Å². The number of ether oxygens (including phenoxy) is 1. The van der Waals surface area contributed by atoms with E-state index in [0.29, 0.717) is 37.3 Å². The molecule has 2 aliphatic heterocycles. The molecule has 0 N–H and O–H groups in total. The Balaban J connectivity index is 1.27. The van der Waals surface area contributed by atoms with Crippen LogP contribution in [0.25, 0.3) is 0 Å². The van der Waals surface area contributed by atoms with E-state index in [1.165, 1.54) is 29.5 Å². The first-order chi connectivity index (χ1) is 16.2. The van der Waals surface area contributed by atoms with Crippen LogP contribution in [0.3, 0.4) is 0 Å². The minimum absolute atomic E-state index is 0.0915. The van der Waals surface area contributed by atoms with Crippen molar-refractivity contribution in [3.8, 4) is 0 Å². The van der Waals surface area contributed by atoms with Crippen molar-refractivity contribution in [1.82, 2.24) is 9.88 Å². The molecule has 2 aliphatic rings. The largest absolute Gasteiger partial charge is 0.411 e. The molecular weight excluding hydrogens is 481 g/mol. The molecule has 0 bridgehead atoms. The third-order valence-corrected chi connectivity index (χ3v) is 6.74. The number of aromatic nitrogens is 1. The number of likely N-dealkylation sites (tertiary alicyclic amines) is 1. The molecule has 1 aromatic carbocycles. The fraction of sp³-hybridized carbons (Fsp3) is 0.500. The Bertz CT molecular complexity index is 1030. The summed E-state index contributed by atoms with van der Waals surface area (Å²) < 4.78 is 68.9. The number of nitrogens with zero attached hydrogens (tertiary/aromatic N) is 3. The normalized spacial score (nSPS) is 19.3. The molecule has 34 heavy (non-hydrogen) atoms. The molecule has 1 unspecified atom stereocenters. The van der Waals surface area contributed by atoms with Crippen molar-refractivity contribution in [2.24, 2.45) is 5.16 Å². The molecule has 3 heterocycles. The van der Waals surface area contributed by atoms with Gasteiger partial charge in [-0.2, -0.15) is 13.2 Å². The van der Waals surface area contributed by atoms with Gasteiger partial charge in [0.2, 0.25) is 5.91 Å². The lowest BCUT2D eigenvalue weighted by Crippen LogP contribution is -2.38. The van der Waals surface area contributed by atoms with Crippen molar-refractivity contribution in [3.05, 3.63) is 51.5 Å². The number of hydrogen-bond acceptors (Lipinski definition) is 6. The molecule has 0 aliphatic carbocycles. The summed E-state index contributed by atoms with van der Waals surface area (Å²) in [6.07, 6.45) is -3.80. The Morgan fingerprint density at radius 3 is 2.59 bits per heavy atom. The average Bonchev–Trinajstić information content (AvgIpc) is 3.46. The number of oxime groups is 1. The highest BCUT2D eigenvalue weighted by Crippen LogP contribution is 2.35. The Hall–Kier alpha value is -2.60. The monoisotopic (exact) mass is 503 g/mol. The maximum Gasteiger partial charge on any atom is 0.411 e. The zero-order chi connectivity index (χ0) is 24.3. The van der Waals surface area contributed by atoms with Gasteiger partial charge in [-0.25, -0.2) is 13.8 Å². The number of carbonyl (C=O) groups is 1. The summed E-state index contributed by atoms with van der Waals surface area (Å²) in [6, 6.07) is 3.64. The molecule has 1 saturated heterocycles. The van der Waals surface area contributed by atoms with Crippen LogP contribution in [-0.4, -0.2) is 54.0 Å². The van der Waals surface area contributed by atoms with E-state index in [2.05, 4.69) is 14.9 Å². The standard InChI is InChI=1S/C22H22F5N3O3S/c23-14-2-1-3-15(24)20(14)18-10-16(29-33-18)17-11-34-21(28-17)13-4-7-30(8-5-13)19(31)6-9-32-12-22(25,26)27/h1-3,11,13,18H,4-10,12H2. The van der Waals surface area contributed by atoms with Gasteiger partial charge in [-0.1, -0.05) is 11.2 Å². The molecule has 0 saturated carbocycles. The van der Waals surface area contributed by atoms with Crippen molar-refractivity contribution in [3.63, 3.8) is 0 Å². The number of piperidine rings is 1. The van der Waals surface area contributed by atoms with Crippen molar-refractivity contribution in [2.75, 3.05) is 26.3 Å². The van der Waals surface area contributed by atoms with E-state index in [4.69, 9.17) is 4.84 Å². The first kappa shape index (κ1) is 24.5. The molecule has 2 aromatic rings. The van der Waals surface area contributed by atoms with E-state index >= 15 is 0 Å². The Kier molecular flexibility index (Phi) is 7.46. The lowest BCUT2D eigenvalue weighted by molar-refractivity contribution is -0.175. The summed E-state index contributed by atoms with van der Waals surface area (Å²) >= 11 is 1.45. The smallest absolute Gasteiger partial charge is 0.387 e. The number of halogens is 5. The molecular formula is C22H22F5N3O3S.